The van der Waals surface area contributed by atoms with Crippen molar-refractivity contribution in [3.05, 3.63) is 91.0 Å². The van der Waals surface area contributed by atoms with Gasteiger partial charge in [0.05, 0.1) is 5.66 Å². The molecule has 0 saturated carbocycles. The van der Waals surface area contributed by atoms with Gasteiger partial charge in [-0.1, -0.05) is 54.6 Å². The van der Waals surface area contributed by atoms with E-state index in [-0.39, 0.29) is 17.0 Å². The molecule has 3 aromatic carbocycles. The van der Waals surface area contributed by atoms with Gasteiger partial charge in [0.15, 0.2) is 0 Å². The lowest BCUT2D eigenvalue weighted by Gasteiger charge is -2.31. The smallest absolute Gasteiger partial charge is 0.114 e. The van der Waals surface area contributed by atoms with Crippen LogP contribution in [0.1, 0.15) is 13.8 Å². The van der Waals surface area contributed by atoms with Crippen LogP contribution in [-0.2, 0) is 0 Å². The van der Waals surface area contributed by atoms with Gasteiger partial charge in [-0.3, -0.25) is 0 Å². The van der Waals surface area contributed by atoms with Crippen LogP contribution in [0.3, 0.4) is 0 Å². The van der Waals surface area contributed by atoms with Gasteiger partial charge in [-0.2, -0.15) is 0 Å². The number of hydrogen-bond donors (Lipinski definition) is 0. The summed E-state index contributed by atoms with van der Waals surface area (Å²) in [5.74, 6) is 0. The molecule has 0 spiro atoms. The molecule has 3 aromatic rings. The van der Waals surface area contributed by atoms with E-state index in [9.17, 15) is 0 Å². The number of rotatable bonds is 4. The molecule has 0 heterocycles. The molecule has 2 heteroatoms. The monoisotopic (exact) mass is 384 g/mol. The van der Waals surface area contributed by atoms with Gasteiger partial charge in [0.2, 0.25) is 0 Å². The van der Waals surface area contributed by atoms with Gasteiger partial charge >= 0.3 is 0 Å². The molecule has 0 aliphatic carbocycles. The molecule has 0 nitrogen and oxygen atoms in total. The molecule has 0 saturated heterocycles. The molecule has 0 radical (unpaired) electrons. The van der Waals surface area contributed by atoms with Gasteiger partial charge in [0.25, 0.3) is 0 Å². The Bertz CT molecular complexity index is 612. The Morgan fingerprint density at radius 1 is 0.522 bits per heavy atom. The zero-order chi connectivity index (χ0) is 15.4. The minimum absolute atomic E-state index is 0. The molecule has 0 amide bonds. The lowest BCUT2D eigenvalue weighted by atomic mass is 10.3. The molecule has 3 rings (SSSR count). The van der Waals surface area contributed by atoms with E-state index in [0.29, 0.717) is 5.66 Å². The Morgan fingerprint density at radius 3 is 1.00 bits per heavy atom. The van der Waals surface area contributed by atoms with Crippen LogP contribution in [0.5, 0.6) is 0 Å². The zero-order valence-corrected chi connectivity index (χ0v) is 16.0. The average Bonchev–Trinajstić information content (AvgIpc) is 2.58. The summed E-state index contributed by atoms with van der Waals surface area (Å²) in [5.41, 5.74) is 0.555. The van der Waals surface area contributed by atoms with Crippen LogP contribution in [0.2, 0.25) is 0 Å². The third kappa shape index (κ3) is 3.27. The first-order valence-corrected chi connectivity index (χ1v) is 9.67. The van der Waals surface area contributed by atoms with Crippen molar-refractivity contribution < 1.29 is 17.0 Å². The molecular formula is C21H22BrP. The Morgan fingerprint density at radius 2 is 0.783 bits per heavy atom. The lowest BCUT2D eigenvalue weighted by Crippen LogP contribution is -3.00. The SMILES string of the molecule is CC(C)[P+](c1ccccc1)(c1ccccc1)c1ccccc1.[Br-]. The van der Waals surface area contributed by atoms with Crippen molar-refractivity contribution >= 4 is 23.2 Å². The van der Waals surface area contributed by atoms with Crippen LogP contribution >= 0.6 is 7.26 Å². The lowest BCUT2D eigenvalue weighted by molar-refractivity contribution is -0.00000438. The van der Waals surface area contributed by atoms with Crippen molar-refractivity contribution in [2.24, 2.45) is 0 Å². The maximum atomic E-state index is 2.36. The fourth-order valence-corrected chi connectivity index (χ4v) is 7.94. The largest absolute Gasteiger partial charge is 1.00 e. The van der Waals surface area contributed by atoms with Crippen LogP contribution < -0.4 is 32.9 Å². The van der Waals surface area contributed by atoms with Gasteiger partial charge in [-0.25, -0.2) is 0 Å². The van der Waals surface area contributed by atoms with Crippen molar-refractivity contribution in [3.63, 3.8) is 0 Å². The van der Waals surface area contributed by atoms with E-state index in [4.69, 9.17) is 0 Å². The van der Waals surface area contributed by atoms with Crippen molar-refractivity contribution in [2.45, 2.75) is 19.5 Å². The van der Waals surface area contributed by atoms with E-state index < -0.39 is 7.26 Å². The van der Waals surface area contributed by atoms with Crippen LogP contribution in [0.4, 0.5) is 0 Å². The molecule has 118 valence electrons. The highest BCUT2D eigenvalue weighted by Crippen LogP contribution is 2.59. The quantitative estimate of drug-likeness (QED) is 0.596. The molecule has 0 aliphatic rings. The van der Waals surface area contributed by atoms with E-state index in [1.165, 1.54) is 15.9 Å². The summed E-state index contributed by atoms with van der Waals surface area (Å²) < 4.78 is 0. The van der Waals surface area contributed by atoms with Crippen molar-refractivity contribution in [1.82, 2.24) is 0 Å². The molecular weight excluding hydrogens is 363 g/mol. The van der Waals surface area contributed by atoms with E-state index >= 15 is 0 Å². The first kappa shape index (κ1) is 17.9. The standard InChI is InChI=1S/C21H22P.BrH/c1-18(2)22(19-12-6-3-7-13-19,20-14-8-4-9-15-20)21-16-10-5-11-17-21;/h3-18H,1-2H3;1H/q+1;/p-1. The molecule has 0 aliphatic heterocycles. The Kier molecular flexibility index (Phi) is 6.16. The van der Waals surface area contributed by atoms with Crippen LogP contribution in [0, 0.1) is 0 Å². The van der Waals surface area contributed by atoms with Gasteiger partial charge in [0, 0.05) is 0 Å². The summed E-state index contributed by atoms with van der Waals surface area (Å²) in [6.07, 6.45) is 0. The highest BCUT2D eigenvalue weighted by molar-refractivity contribution is 7.96. The van der Waals surface area contributed by atoms with E-state index in [2.05, 4.69) is 105 Å². The minimum atomic E-state index is -1.63. The maximum Gasteiger partial charge on any atom is 0.114 e. The second-order valence-electron chi connectivity index (χ2n) is 5.82. The van der Waals surface area contributed by atoms with E-state index in [1.54, 1.807) is 0 Å². The van der Waals surface area contributed by atoms with Crippen molar-refractivity contribution in [2.75, 3.05) is 0 Å². The van der Waals surface area contributed by atoms with E-state index in [1.807, 2.05) is 0 Å². The molecule has 0 unspecified atom stereocenters. The summed E-state index contributed by atoms with van der Waals surface area (Å²) in [4.78, 5) is 0. The fourth-order valence-electron chi connectivity index (χ4n) is 3.33. The second-order valence-corrected chi connectivity index (χ2v) is 9.85. The summed E-state index contributed by atoms with van der Waals surface area (Å²) >= 11 is 0. The Labute approximate surface area is 150 Å². The fraction of sp³-hybridized carbons (Fsp3) is 0.143. The summed E-state index contributed by atoms with van der Waals surface area (Å²) in [6.45, 7) is 4.72. The normalized spacial score (nSPS) is 11.1. The second kappa shape index (κ2) is 7.90. The molecule has 0 atom stereocenters. The summed E-state index contributed by atoms with van der Waals surface area (Å²) in [5, 5.41) is 4.38. The van der Waals surface area contributed by atoms with Crippen molar-refractivity contribution in [3.8, 4) is 0 Å². The Hall–Kier alpha value is -1.43. The molecule has 0 fully saturated rings. The van der Waals surface area contributed by atoms with Gasteiger partial charge < -0.3 is 17.0 Å². The first-order chi connectivity index (χ1) is 10.8. The third-order valence-electron chi connectivity index (χ3n) is 4.26. The highest BCUT2D eigenvalue weighted by atomic mass is 79.9. The number of hydrogen-bond acceptors (Lipinski definition) is 0. The average molecular weight is 385 g/mol. The third-order valence-corrected chi connectivity index (χ3v) is 9.15. The van der Waals surface area contributed by atoms with Crippen LogP contribution in [-0.4, -0.2) is 5.66 Å². The number of benzene rings is 3. The molecule has 0 N–H and O–H groups in total. The predicted octanol–water partition coefficient (Wildman–Crippen LogP) is 1.39. The highest BCUT2D eigenvalue weighted by Gasteiger charge is 2.48. The maximum absolute atomic E-state index is 2.36. The van der Waals surface area contributed by atoms with Gasteiger partial charge in [0.1, 0.15) is 23.2 Å². The topological polar surface area (TPSA) is 0 Å². The minimum Gasteiger partial charge on any atom is -1.00 e. The molecule has 0 aromatic heterocycles. The van der Waals surface area contributed by atoms with Crippen LogP contribution in [0.15, 0.2) is 91.0 Å². The first-order valence-electron chi connectivity index (χ1n) is 7.82. The molecule has 0 bridgehead atoms. The Balaban J connectivity index is 0.00000192. The van der Waals surface area contributed by atoms with Crippen LogP contribution in [0.25, 0.3) is 0 Å². The molecule has 23 heavy (non-hydrogen) atoms. The van der Waals surface area contributed by atoms with E-state index in [0.717, 1.165) is 0 Å². The van der Waals surface area contributed by atoms with Gasteiger partial charge in [-0.15, -0.1) is 0 Å². The predicted molar refractivity (Wildman–Crippen MR) is 100 cm³/mol. The van der Waals surface area contributed by atoms with Gasteiger partial charge in [-0.05, 0) is 50.2 Å². The number of halogens is 1. The summed E-state index contributed by atoms with van der Waals surface area (Å²) in [6, 6.07) is 33.1. The summed E-state index contributed by atoms with van der Waals surface area (Å²) in [7, 11) is -1.63. The van der Waals surface area contributed by atoms with Crippen molar-refractivity contribution in [1.29, 1.82) is 0 Å². The zero-order valence-electron chi connectivity index (χ0n) is 13.6.